The molecular formula is C12H16N2O5. The Morgan fingerprint density at radius 2 is 1.95 bits per heavy atom. The Morgan fingerprint density at radius 1 is 1.26 bits per heavy atom. The van der Waals surface area contributed by atoms with Gasteiger partial charge in [0, 0.05) is 0 Å². The molecule has 0 saturated carbocycles. The molecule has 0 unspecified atom stereocenters. The van der Waals surface area contributed by atoms with Crippen LogP contribution in [0.5, 0.6) is 5.75 Å². The number of aliphatic hydroxyl groups is 1. The summed E-state index contributed by atoms with van der Waals surface area (Å²) in [6.07, 6.45) is 0. The number of carbonyl (C=O) groups is 2. The highest BCUT2D eigenvalue weighted by Crippen LogP contribution is 2.07. The summed E-state index contributed by atoms with van der Waals surface area (Å²) in [6, 6.07) is 7.11. The fourth-order valence-electron chi connectivity index (χ4n) is 1.24. The zero-order chi connectivity index (χ0) is 14.1. The van der Waals surface area contributed by atoms with Crippen LogP contribution in [0.25, 0.3) is 0 Å². The van der Waals surface area contributed by atoms with Crippen LogP contribution in [0.2, 0.25) is 0 Å². The molecule has 0 radical (unpaired) electrons. The average molecular weight is 268 g/mol. The Bertz CT molecular complexity index is 410. The number of rotatable bonds is 7. The molecule has 19 heavy (non-hydrogen) atoms. The first-order chi connectivity index (χ1) is 9.13. The molecule has 1 rings (SSSR count). The van der Waals surface area contributed by atoms with E-state index in [0.29, 0.717) is 5.75 Å². The van der Waals surface area contributed by atoms with Crippen LogP contribution in [0.3, 0.4) is 0 Å². The van der Waals surface area contributed by atoms with Gasteiger partial charge in [0.15, 0.2) is 6.04 Å². The molecule has 7 nitrogen and oxygen atoms in total. The molecule has 0 saturated heterocycles. The second kappa shape index (κ2) is 7.93. The van der Waals surface area contributed by atoms with Crippen LogP contribution in [-0.4, -0.2) is 48.0 Å². The Balaban J connectivity index is 2.19. The van der Waals surface area contributed by atoms with Gasteiger partial charge in [-0.2, -0.15) is 0 Å². The summed E-state index contributed by atoms with van der Waals surface area (Å²) in [5.41, 5.74) is 0. The number of ether oxygens (including phenoxy) is 1. The predicted octanol–water partition coefficient (Wildman–Crippen LogP) is -0.190. The number of hydrogen-bond acceptors (Lipinski definition) is 4. The minimum absolute atomic E-state index is 0.221. The van der Waals surface area contributed by atoms with Gasteiger partial charge < -0.3 is 25.6 Å². The van der Waals surface area contributed by atoms with Gasteiger partial charge >= 0.3 is 12.0 Å². The highest BCUT2D eigenvalue weighted by molar-refractivity contribution is 5.82. The number of amides is 2. The van der Waals surface area contributed by atoms with Gasteiger partial charge in [-0.1, -0.05) is 18.2 Å². The topological polar surface area (TPSA) is 108 Å². The lowest BCUT2D eigenvalue weighted by Crippen LogP contribution is -2.48. The van der Waals surface area contributed by atoms with E-state index in [1.165, 1.54) is 0 Å². The molecule has 1 aromatic carbocycles. The molecule has 4 N–H and O–H groups in total. The summed E-state index contributed by atoms with van der Waals surface area (Å²) in [5, 5.41) is 21.9. The van der Waals surface area contributed by atoms with E-state index >= 15 is 0 Å². The second-order valence-corrected chi connectivity index (χ2v) is 3.64. The van der Waals surface area contributed by atoms with Crippen LogP contribution >= 0.6 is 0 Å². The first-order valence-electron chi connectivity index (χ1n) is 5.69. The summed E-state index contributed by atoms with van der Waals surface area (Å²) in [5.74, 6) is -0.610. The molecule has 0 aliphatic rings. The molecule has 0 bridgehead atoms. The maximum absolute atomic E-state index is 11.3. The predicted molar refractivity (Wildman–Crippen MR) is 67.0 cm³/mol. The van der Waals surface area contributed by atoms with Crippen LogP contribution in [0.4, 0.5) is 4.79 Å². The lowest BCUT2D eigenvalue weighted by Gasteiger charge is -2.12. The molecule has 104 valence electrons. The SMILES string of the molecule is O=C(NCCOc1ccccc1)N[C@H](CO)C(=O)O. The van der Waals surface area contributed by atoms with E-state index < -0.39 is 24.6 Å². The van der Waals surface area contributed by atoms with Crippen LogP contribution in [0.15, 0.2) is 30.3 Å². The van der Waals surface area contributed by atoms with Crippen LogP contribution in [0, 0.1) is 0 Å². The van der Waals surface area contributed by atoms with E-state index in [0.717, 1.165) is 0 Å². The quantitative estimate of drug-likeness (QED) is 0.513. The number of carboxylic acids is 1. The zero-order valence-corrected chi connectivity index (χ0v) is 10.2. The van der Waals surface area contributed by atoms with E-state index in [2.05, 4.69) is 10.6 Å². The Hall–Kier alpha value is -2.28. The molecule has 1 aromatic rings. The number of para-hydroxylation sites is 1. The average Bonchev–Trinajstić information content (AvgIpc) is 2.42. The lowest BCUT2D eigenvalue weighted by molar-refractivity contribution is -0.140. The van der Waals surface area contributed by atoms with Gasteiger partial charge in [-0.15, -0.1) is 0 Å². The third-order valence-corrected chi connectivity index (χ3v) is 2.19. The fraction of sp³-hybridized carbons (Fsp3) is 0.333. The zero-order valence-electron chi connectivity index (χ0n) is 10.2. The van der Waals surface area contributed by atoms with Crippen molar-refractivity contribution >= 4 is 12.0 Å². The maximum Gasteiger partial charge on any atom is 0.328 e. The van der Waals surface area contributed by atoms with Gasteiger partial charge in [0.1, 0.15) is 12.4 Å². The van der Waals surface area contributed by atoms with Crippen molar-refractivity contribution in [3.8, 4) is 5.75 Å². The molecule has 0 fully saturated rings. The van der Waals surface area contributed by atoms with Gasteiger partial charge in [0.2, 0.25) is 0 Å². The highest BCUT2D eigenvalue weighted by atomic mass is 16.5. The molecule has 7 heteroatoms. The molecule has 0 spiro atoms. The van der Waals surface area contributed by atoms with E-state index in [1.54, 1.807) is 12.1 Å². The Labute approximate surface area is 110 Å². The van der Waals surface area contributed by atoms with Crippen molar-refractivity contribution in [1.29, 1.82) is 0 Å². The first-order valence-corrected chi connectivity index (χ1v) is 5.69. The summed E-state index contributed by atoms with van der Waals surface area (Å²) in [4.78, 5) is 21.8. The molecular weight excluding hydrogens is 252 g/mol. The maximum atomic E-state index is 11.3. The summed E-state index contributed by atoms with van der Waals surface area (Å²) in [7, 11) is 0. The Kier molecular flexibility index (Phi) is 6.17. The monoisotopic (exact) mass is 268 g/mol. The van der Waals surface area contributed by atoms with Crippen molar-refractivity contribution in [1.82, 2.24) is 10.6 Å². The van der Waals surface area contributed by atoms with Gasteiger partial charge in [-0.05, 0) is 12.1 Å². The fourth-order valence-corrected chi connectivity index (χ4v) is 1.24. The van der Waals surface area contributed by atoms with E-state index in [-0.39, 0.29) is 13.2 Å². The number of carbonyl (C=O) groups excluding carboxylic acids is 1. The molecule has 0 aliphatic carbocycles. The van der Waals surface area contributed by atoms with E-state index in [9.17, 15) is 9.59 Å². The summed E-state index contributed by atoms with van der Waals surface area (Å²) < 4.78 is 5.33. The number of carboxylic acid groups (broad SMARTS) is 1. The molecule has 0 aliphatic heterocycles. The summed E-state index contributed by atoms with van der Waals surface area (Å²) in [6.45, 7) is -0.184. The van der Waals surface area contributed by atoms with Gasteiger partial charge in [-0.3, -0.25) is 0 Å². The largest absolute Gasteiger partial charge is 0.492 e. The second-order valence-electron chi connectivity index (χ2n) is 3.64. The van der Waals surface area contributed by atoms with Crippen molar-refractivity contribution in [2.24, 2.45) is 0 Å². The van der Waals surface area contributed by atoms with Crippen molar-refractivity contribution in [3.05, 3.63) is 30.3 Å². The molecule has 2 amide bonds. The smallest absolute Gasteiger partial charge is 0.328 e. The highest BCUT2D eigenvalue weighted by Gasteiger charge is 2.17. The van der Waals surface area contributed by atoms with Crippen LogP contribution in [-0.2, 0) is 4.79 Å². The molecule has 1 atom stereocenters. The third-order valence-electron chi connectivity index (χ3n) is 2.19. The van der Waals surface area contributed by atoms with Crippen LogP contribution < -0.4 is 15.4 Å². The van der Waals surface area contributed by atoms with E-state index in [1.807, 2.05) is 18.2 Å². The molecule has 0 heterocycles. The number of aliphatic hydroxyl groups excluding tert-OH is 1. The minimum Gasteiger partial charge on any atom is -0.492 e. The number of aliphatic carboxylic acids is 1. The normalized spacial score (nSPS) is 11.4. The third kappa shape index (κ3) is 5.73. The van der Waals surface area contributed by atoms with Crippen molar-refractivity contribution < 1.29 is 24.5 Å². The lowest BCUT2D eigenvalue weighted by atomic mass is 10.3. The number of benzene rings is 1. The molecule has 0 aromatic heterocycles. The van der Waals surface area contributed by atoms with Gasteiger partial charge in [0.25, 0.3) is 0 Å². The van der Waals surface area contributed by atoms with Crippen molar-refractivity contribution in [2.75, 3.05) is 19.8 Å². The first kappa shape index (κ1) is 14.8. The minimum atomic E-state index is -1.31. The standard InChI is InChI=1S/C12H16N2O5/c15-8-10(11(16)17)14-12(18)13-6-7-19-9-4-2-1-3-5-9/h1-5,10,15H,6-8H2,(H,16,17)(H2,13,14,18)/t10-/m1/s1. The van der Waals surface area contributed by atoms with Crippen molar-refractivity contribution in [2.45, 2.75) is 6.04 Å². The van der Waals surface area contributed by atoms with Gasteiger partial charge in [-0.25, -0.2) is 9.59 Å². The van der Waals surface area contributed by atoms with Crippen molar-refractivity contribution in [3.63, 3.8) is 0 Å². The van der Waals surface area contributed by atoms with Gasteiger partial charge in [0.05, 0.1) is 13.2 Å². The number of nitrogens with one attached hydrogen (secondary N) is 2. The Morgan fingerprint density at radius 3 is 2.53 bits per heavy atom. The number of urea groups is 1. The summed E-state index contributed by atoms with van der Waals surface area (Å²) >= 11 is 0. The van der Waals surface area contributed by atoms with E-state index in [4.69, 9.17) is 14.9 Å². The van der Waals surface area contributed by atoms with Crippen LogP contribution in [0.1, 0.15) is 0 Å². The number of hydrogen-bond donors (Lipinski definition) is 4.